The van der Waals surface area contributed by atoms with Gasteiger partial charge in [0.1, 0.15) is 18.4 Å². The first kappa shape index (κ1) is 12.5. The van der Waals surface area contributed by atoms with Gasteiger partial charge in [0.2, 0.25) is 0 Å². The third-order valence-corrected chi connectivity index (χ3v) is 2.22. The molecule has 0 aliphatic heterocycles. The van der Waals surface area contributed by atoms with E-state index in [-0.39, 0.29) is 6.04 Å². The smallest absolute Gasteiger partial charge is 0.130 e. The van der Waals surface area contributed by atoms with Crippen molar-refractivity contribution in [3.05, 3.63) is 29.3 Å². The van der Waals surface area contributed by atoms with Crippen molar-refractivity contribution in [2.24, 2.45) is 0 Å². The molecule has 0 fully saturated rings. The van der Waals surface area contributed by atoms with Crippen LogP contribution >= 0.6 is 0 Å². The normalized spacial score (nSPS) is 11.9. The maximum Gasteiger partial charge on any atom is 0.130 e. The number of nitrogens with one attached hydrogen (secondary N) is 1. The van der Waals surface area contributed by atoms with E-state index in [4.69, 9.17) is 10.00 Å². The molecule has 1 atom stereocenters. The number of nitriles is 1. The second-order valence-electron chi connectivity index (χ2n) is 3.87. The van der Waals surface area contributed by atoms with Crippen LogP contribution in [0.1, 0.15) is 18.1 Å². The van der Waals surface area contributed by atoms with Crippen molar-refractivity contribution in [1.82, 2.24) is 5.32 Å². The van der Waals surface area contributed by atoms with Crippen molar-refractivity contribution in [2.45, 2.75) is 26.8 Å². The molecule has 16 heavy (non-hydrogen) atoms. The van der Waals surface area contributed by atoms with E-state index >= 15 is 0 Å². The number of benzene rings is 1. The molecule has 86 valence electrons. The van der Waals surface area contributed by atoms with E-state index < -0.39 is 0 Å². The molecule has 0 saturated heterocycles. The highest BCUT2D eigenvalue weighted by Gasteiger charge is 2.06. The van der Waals surface area contributed by atoms with Crippen LogP contribution in [0.3, 0.4) is 0 Å². The fourth-order valence-corrected chi connectivity index (χ4v) is 1.58. The predicted octanol–water partition coefficient (Wildman–Crippen LogP) is 2.18. The highest BCUT2D eigenvalue weighted by atomic mass is 16.5. The number of hydrogen-bond acceptors (Lipinski definition) is 3. The first-order chi connectivity index (χ1) is 7.65. The summed E-state index contributed by atoms with van der Waals surface area (Å²) < 4.78 is 5.59. The maximum atomic E-state index is 8.85. The van der Waals surface area contributed by atoms with E-state index in [1.807, 2.05) is 32.9 Å². The van der Waals surface area contributed by atoms with Gasteiger partial charge in [0.25, 0.3) is 0 Å². The Hall–Kier alpha value is -1.53. The second kappa shape index (κ2) is 6.14. The number of nitrogens with zero attached hydrogens (tertiary/aromatic N) is 1. The molecule has 1 aromatic carbocycles. The van der Waals surface area contributed by atoms with Crippen LogP contribution in [-0.4, -0.2) is 19.2 Å². The van der Waals surface area contributed by atoms with Gasteiger partial charge in [-0.1, -0.05) is 13.0 Å². The third kappa shape index (κ3) is 3.92. The maximum absolute atomic E-state index is 8.85. The lowest BCUT2D eigenvalue weighted by Crippen LogP contribution is -2.33. The van der Waals surface area contributed by atoms with E-state index in [0.29, 0.717) is 6.61 Å². The SMILES string of the molecule is CCNC(C#N)COc1cc(C)cc(C)c1. The van der Waals surface area contributed by atoms with Gasteiger partial charge in [0.05, 0.1) is 6.07 Å². The molecular weight excluding hydrogens is 200 g/mol. The molecule has 3 nitrogen and oxygen atoms in total. The predicted molar refractivity (Wildman–Crippen MR) is 64.5 cm³/mol. The minimum atomic E-state index is -0.245. The summed E-state index contributed by atoms with van der Waals surface area (Å²) in [5.74, 6) is 0.829. The standard InChI is InChI=1S/C13H18N2O/c1-4-15-12(8-14)9-16-13-6-10(2)5-11(3)7-13/h5-7,12,15H,4,9H2,1-3H3. The molecule has 1 N–H and O–H groups in total. The van der Waals surface area contributed by atoms with Gasteiger partial charge in [0.15, 0.2) is 0 Å². The van der Waals surface area contributed by atoms with E-state index in [9.17, 15) is 0 Å². The molecule has 0 heterocycles. The summed E-state index contributed by atoms with van der Waals surface area (Å²) in [6.45, 7) is 7.20. The molecule has 1 unspecified atom stereocenters. The van der Waals surface area contributed by atoms with Crippen LogP contribution in [0.5, 0.6) is 5.75 Å². The summed E-state index contributed by atoms with van der Waals surface area (Å²) in [6.07, 6.45) is 0. The Bertz CT molecular complexity index is 362. The lowest BCUT2D eigenvalue weighted by atomic mass is 10.1. The quantitative estimate of drug-likeness (QED) is 0.824. The number of likely N-dealkylation sites (N-methyl/N-ethyl adjacent to an activating group) is 1. The Balaban J connectivity index is 2.57. The molecule has 0 radical (unpaired) electrons. The molecule has 0 spiro atoms. The third-order valence-electron chi connectivity index (χ3n) is 2.22. The zero-order chi connectivity index (χ0) is 12.0. The van der Waals surface area contributed by atoms with Gasteiger partial charge in [-0.25, -0.2) is 0 Å². The molecule has 0 saturated carbocycles. The zero-order valence-corrected chi connectivity index (χ0v) is 10.1. The number of hydrogen-bond donors (Lipinski definition) is 1. The Kier molecular flexibility index (Phi) is 4.81. The summed E-state index contributed by atoms with van der Waals surface area (Å²) in [5.41, 5.74) is 2.35. The molecule has 0 bridgehead atoms. The van der Waals surface area contributed by atoms with Gasteiger partial charge in [0, 0.05) is 0 Å². The molecule has 3 heteroatoms. The molecule has 0 aliphatic carbocycles. The summed E-state index contributed by atoms with van der Waals surface area (Å²) in [4.78, 5) is 0. The lowest BCUT2D eigenvalue weighted by Gasteiger charge is -2.12. The first-order valence-corrected chi connectivity index (χ1v) is 5.49. The molecule has 1 aromatic rings. The second-order valence-corrected chi connectivity index (χ2v) is 3.87. The van der Waals surface area contributed by atoms with Crippen molar-refractivity contribution >= 4 is 0 Å². The van der Waals surface area contributed by atoms with Crippen molar-refractivity contribution < 1.29 is 4.74 Å². The number of rotatable bonds is 5. The fraction of sp³-hybridized carbons (Fsp3) is 0.462. The Morgan fingerprint density at radius 2 is 1.94 bits per heavy atom. The summed E-state index contributed by atoms with van der Waals surface area (Å²) >= 11 is 0. The van der Waals surface area contributed by atoms with Crippen LogP contribution in [0.25, 0.3) is 0 Å². The van der Waals surface area contributed by atoms with E-state index in [2.05, 4.69) is 17.5 Å². The van der Waals surface area contributed by atoms with Gasteiger partial charge in [-0.3, -0.25) is 5.32 Å². The van der Waals surface area contributed by atoms with Crippen molar-refractivity contribution in [2.75, 3.05) is 13.2 Å². The van der Waals surface area contributed by atoms with Gasteiger partial charge >= 0.3 is 0 Å². The van der Waals surface area contributed by atoms with Crippen LogP contribution in [0, 0.1) is 25.2 Å². The van der Waals surface area contributed by atoms with Crippen molar-refractivity contribution in [3.63, 3.8) is 0 Å². The van der Waals surface area contributed by atoms with Gasteiger partial charge in [-0.15, -0.1) is 0 Å². The first-order valence-electron chi connectivity index (χ1n) is 5.49. The van der Waals surface area contributed by atoms with Crippen LogP contribution in [0.15, 0.2) is 18.2 Å². The highest BCUT2D eigenvalue weighted by molar-refractivity contribution is 5.33. The summed E-state index contributed by atoms with van der Waals surface area (Å²) in [6, 6.07) is 7.98. The fourth-order valence-electron chi connectivity index (χ4n) is 1.58. The monoisotopic (exact) mass is 218 g/mol. The van der Waals surface area contributed by atoms with Crippen LogP contribution in [0.4, 0.5) is 0 Å². The van der Waals surface area contributed by atoms with Gasteiger partial charge in [-0.2, -0.15) is 5.26 Å². The summed E-state index contributed by atoms with van der Waals surface area (Å²) in [7, 11) is 0. The molecule has 0 aromatic heterocycles. The average Bonchev–Trinajstić information content (AvgIpc) is 2.23. The van der Waals surface area contributed by atoms with Gasteiger partial charge in [-0.05, 0) is 43.7 Å². The lowest BCUT2D eigenvalue weighted by molar-refractivity contribution is 0.290. The molecule has 0 amide bonds. The molecule has 1 rings (SSSR count). The zero-order valence-electron chi connectivity index (χ0n) is 10.1. The van der Waals surface area contributed by atoms with E-state index in [1.54, 1.807) is 0 Å². The van der Waals surface area contributed by atoms with Crippen molar-refractivity contribution in [3.8, 4) is 11.8 Å². The highest BCUT2D eigenvalue weighted by Crippen LogP contribution is 2.16. The van der Waals surface area contributed by atoms with Crippen molar-refractivity contribution in [1.29, 1.82) is 5.26 Å². The van der Waals surface area contributed by atoms with Crippen LogP contribution < -0.4 is 10.1 Å². The topological polar surface area (TPSA) is 45.0 Å². The molecular formula is C13H18N2O. The Morgan fingerprint density at radius 1 is 1.31 bits per heavy atom. The number of aryl methyl sites for hydroxylation is 2. The van der Waals surface area contributed by atoms with Crippen LogP contribution in [0.2, 0.25) is 0 Å². The number of ether oxygens (including phenoxy) is 1. The van der Waals surface area contributed by atoms with E-state index in [1.165, 1.54) is 11.1 Å². The van der Waals surface area contributed by atoms with E-state index in [0.717, 1.165) is 12.3 Å². The Labute approximate surface area is 97.0 Å². The minimum absolute atomic E-state index is 0.245. The van der Waals surface area contributed by atoms with Gasteiger partial charge < -0.3 is 4.74 Å². The molecule has 0 aliphatic rings. The van der Waals surface area contributed by atoms with Crippen LogP contribution in [-0.2, 0) is 0 Å². The Morgan fingerprint density at radius 3 is 2.44 bits per heavy atom. The summed E-state index contributed by atoms with van der Waals surface area (Å²) in [5, 5.41) is 11.9. The largest absolute Gasteiger partial charge is 0.491 e. The average molecular weight is 218 g/mol. The minimum Gasteiger partial charge on any atom is -0.491 e.